The Kier molecular flexibility index (Phi) is 3.78. The number of aliphatic carboxylic acids is 1. The molecule has 91 valence electrons. The first kappa shape index (κ1) is 12.4. The molecule has 0 atom stereocenters. The Morgan fingerprint density at radius 1 is 1.06 bits per heavy atom. The zero-order valence-corrected chi connectivity index (χ0v) is 10.1. The Balaban J connectivity index is 2.14. The van der Waals surface area contributed by atoms with Gasteiger partial charge in [0, 0.05) is 6.42 Å². The number of carboxylic acid groups (broad SMARTS) is 1. The summed E-state index contributed by atoms with van der Waals surface area (Å²) in [5.74, 6) is -0.760. The van der Waals surface area contributed by atoms with Gasteiger partial charge in [-0.15, -0.1) is 0 Å². The van der Waals surface area contributed by atoms with E-state index in [1.54, 1.807) is 0 Å². The van der Waals surface area contributed by atoms with Crippen molar-refractivity contribution in [3.63, 3.8) is 0 Å². The Morgan fingerprint density at radius 2 is 1.78 bits per heavy atom. The molecule has 0 spiro atoms. The highest BCUT2D eigenvalue weighted by atomic mass is 16.4. The van der Waals surface area contributed by atoms with E-state index in [2.05, 4.69) is 6.92 Å². The first-order valence-corrected chi connectivity index (χ1v) is 5.88. The fourth-order valence-electron chi connectivity index (χ4n) is 1.87. The van der Waals surface area contributed by atoms with Crippen molar-refractivity contribution in [1.82, 2.24) is 0 Å². The molecular formula is C16H15O2. The number of rotatable bonds is 4. The van der Waals surface area contributed by atoms with Crippen molar-refractivity contribution in [3.8, 4) is 11.1 Å². The summed E-state index contributed by atoms with van der Waals surface area (Å²) >= 11 is 0. The molecule has 2 aromatic carbocycles. The molecule has 1 radical (unpaired) electrons. The number of carboxylic acids is 1. The zero-order valence-electron chi connectivity index (χ0n) is 10.1. The summed E-state index contributed by atoms with van der Waals surface area (Å²) in [5.41, 5.74) is 4.29. The summed E-state index contributed by atoms with van der Waals surface area (Å²) in [6, 6.07) is 16.0. The molecular weight excluding hydrogens is 224 g/mol. The zero-order chi connectivity index (χ0) is 13.0. The third-order valence-corrected chi connectivity index (χ3v) is 2.84. The lowest BCUT2D eigenvalue weighted by Gasteiger charge is -2.04. The van der Waals surface area contributed by atoms with Gasteiger partial charge in [0.05, 0.1) is 0 Å². The molecule has 0 heterocycles. The van der Waals surface area contributed by atoms with Gasteiger partial charge in [0.1, 0.15) is 0 Å². The summed E-state index contributed by atoms with van der Waals surface area (Å²) in [6.07, 6.45) is 0.749. The number of hydrogen-bond acceptors (Lipinski definition) is 1. The highest BCUT2D eigenvalue weighted by molar-refractivity contribution is 5.67. The Morgan fingerprint density at radius 3 is 2.39 bits per heavy atom. The minimum absolute atomic E-state index is 0.174. The van der Waals surface area contributed by atoms with Crippen LogP contribution in [0.15, 0.2) is 48.5 Å². The summed E-state index contributed by atoms with van der Waals surface area (Å²) in [7, 11) is 0. The largest absolute Gasteiger partial charge is 0.481 e. The molecule has 18 heavy (non-hydrogen) atoms. The maximum atomic E-state index is 10.5. The summed E-state index contributed by atoms with van der Waals surface area (Å²) in [5, 5.41) is 8.63. The van der Waals surface area contributed by atoms with Gasteiger partial charge in [-0.25, -0.2) is 0 Å². The van der Waals surface area contributed by atoms with Crippen LogP contribution in [0.25, 0.3) is 11.1 Å². The number of benzene rings is 2. The monoisotopic (exact) mass is 239 g/mol. The number of aryl methyl sites for hydroxylation is 1. The van der Waals surface area contributed by atoms with Gasteiger partial charge in [-0.3, -0.25) is 4.79 Å². The molecule has 0 aliphatic rings. The van der Waals surface area contributed by atoms with Gasteiger partial charge in [0.2, 0.25) is 0 Å². The van der Waals surface area contributed by atoms with Gasteiger partial charge >= 0.3 is 5.97 Å². The summed E-state index contributed by atoms with van der Waals surface area (Å²) in [4.78, 5) is 10.5. The minimum atomic E-state index is -0.760. The van der Waals surface area contributed by atoms with E-state index in [1.165, 1.54) is 0 Å². The maximum absolute atomic E-state index is 10.5. The molecule has 0 bridgehead atoms. The van der Waals surface area contributed by atoms with E-state index in [1.807, 2.05) is 48.5 Å². The molecule has 0 unspecified atom stereocenters. The molecule has 2 nitrogen and oxygen atoms in total. The number of hydrogen-bond donors (Lipinski definition) is 1. The van der Waals surface area contributed by atoms with Crippen LogP contribution >= 0.6 is 0 Å². The quantitative estimate of drug-likeness (QED) is 0.885. The first-order valence-electron chi connectivity index (χ1n) is 5.88. The normalized spacial score (nSPS) is 10.3. The fraction of sp³-hybridized carbons (Fsp3) is 0.125. The van der Waals surface area contributed by atoms with Crippen LogP contribution in [-0.2, 0) is 11.2 Å². The average molecular weight is 239 g/mol. The fourth-order valence-corrected chi connectivity index (χ4v) is 1.87. The SMILES string of the molecule is [CH2]c1cccc(-c2ccc(CCC(=O)O)cc2)c1. The predicted octanol–water partition coefficient (Wildman–Crippen LogP) is 3.55. The van der Waals surface area contributed by atoms with Crippen LogP contribution in [0.1, 0.15) is 17.5 Å². The first-order chi connectivity index (χ1) is 8.65. The Labute approximate surface area is 107 Å². The van der Waals surface area contributed by atoms with Gasteiger partial charge in [-0.1, -0.05) is 48.5 Å². The second-order valence-electron chi connectivity index (χ2n) is 4.29. The lowest BCUT2D eigenvalue weighted by Crippen LogP contribution is -1.97. The van der Waals surface area contributed by atoms with Crippen LogP contribution in [0.5, 0.6) is 0 Å². The van der Waals surface area contributed by atoms with Crippen LogP contribution in [0.2, 0.25) is 0 Å². The third-order valence-electron chi connectivity index (χ3n) is 2.84. The Hall–Kier alpha value is -2.09. The smallest absolute Gasteiger partial charge is 0.303 e. The van der Waals surface area contributed by atoms with E-state index in [0.29, 0.717) is 6.42 Å². The van der Waals surface area contributed by atoms with Crippen LogP contribution in [0.4, 0.5) is 0 Å². The molecule has 0 aromatic heterocycles. The molecule has 0 saturated heterocycles. The van der Waals surface area contributed by atoms with E-state index >= 15 is 0 Å². The van der Waals surface area contributed by atoms with Crippen molar-refractivity contribution >= 4 is 5.97 Å². The Bertz CT molecular complexity index is 541. The van der Waals surface area contributed by atoms with Gasteiger partial charge in [0.15, 0.2) is 0 Å². The van der Waals surface area contributed by atoms with E-state index in [9.17, 15) is 4.79 Å². The molecule has 0 aliphatic carbocycles. The molecule has 0 saturated carbocycles. The number of carbonyl (C=O) groups is 1. The van der Waals surface area contributed by atoms with Gasteiger partial charge in [-0.05, 0) is 35.6 Å². The standard InChI is InChI=1S/C16H15O2/c1-12-3-2-4-15(11-12)14-8-5-13(6-9-14)7-10-16(17)18/h2-6,8-9,11H,1,7,10H2,(H,17,18). The van der Waals surface area contributed by atoms with E-state index < -0.39 is 5.97 Å². The van der Waals surface area contributed by atoms with Gasteiger partial charge < -0.3 is 5.11 Å². The summed E-state index contributed by atoms with van der Waals surface area (Å²) in [6.45, 7) is 3.91. The second-order valence-corrected chi connectivity index (χ2v) is 4.29. The van der Waals surface area contributed by atoms with Crippen molar-refractivity contribution < 1.29 is 9.90 Å². The minimum Gasteiger partial charge on any atom is -0.481 e. The maximum Gasteiger partial charge on any atom is 0.303 e. The van der Waals surface area contributed by atoms with Crippen LogP contribution in [-0.4, -0.2) is 11.1 Å². The van der Waals surface area contributed by atoms with E-state index in [-0.39, 0.29) is 6.42 Å². The van der Waals surface area contributed by atoms with Crippen molar-refractivity contribution in [3.05, 3.63) is 66.6 Å². The van der Waals surface area contributed by atoms with E-state index in [4.69, 9.17) is 5.11 Å². The van der Waals surface area contributed by atoms with Gasteiger partial charge in [0.25, 0.3) is 0 Å². The molecule has 0 amide bonds. The van der Waals surface area contributed by atoms with Crippen LogP contribution < -0.4 is 0 Å². The van der Waals surface area contributed by atoms with Crippen LogP contribution in [0.3, 0.4) is 0 Å². The lowest BCUT2D eigenvalue weighted by atomic mass is 10.0. The molecule has 2 heteroatoms. The van der Waals surface area contributed by atoms with Gasteiger partial charge in [-0.2, -0.15) is 0 Å². The predicted molar refractivity (Wildman–Crippen MR) is 72.3 cm³/mol. The van der Waals surface area contributed by atoms with Crippen LogP contribution in [0, 0.1) is 6.92 Å². The molecule has 1 N–H and O–H groups in total. The topological polar surface area (TPSA) is 37.3 Å². The van der Waals surface area contributed by atoms with Crippen molar-refractivity contribution in [1.29, 1.82) is 0 Å². The highest BCUT2D eigenvalue weighted by Gasteiger charge is 2.01. The molecule has 0 fully saturated rings. The lowest BCUT2D eigenvalue weighted by molar-refractivity contribution is -0.136. The molecule has 2 aromatic rings. The van der Waals surface area contributed by atoms with Crippen molar-refractivity contribution in [2.24, 2.45) is 0 Å². The molecule has 2 rings (SSSR count). The third kappa shape index (κ3) is 3.20. The average Bonchev–Trinajstić information content (AvgIpc) is 2.37. The second kappa shape index (κ2) is 5.50. The van der Waals surface area contributed by atoms with E-state index in [0.717, 1.165) is 22.3 Å². The summed E-state index contributed by atoms with van der Waals surface area (Å²) < 4.78 is 0. The van der Waals surface area contributed by atoms with Crippen molar-refractivity contribution in [2.75, 3.05) is 0 Å². The molecule has 0 aliphatic heterocycles. The van der Waals surface area contributed by atoms with Crippen molar-refractivity contribution in [2.45, 2.75) is 12.8 Å². The highest BCUT2D eigenvalue weighted by Crippen LogP contribution is 2.21.